The molecule has 0 bridgehead atoms. The molecule has 2 N–H and O–H groups in total. The summed E-state index contributed by atoms with van der Waals surface area (Å²) in [6.07, 6.45) is 2.12. The number of likely N-dealkylation sites (tertiary alicyclic amines) is 1. The van der Waals surface area contributed by atoms with Gasteiger partial charge in [0.05, 0.1) is 23.3 Å². The Morgan fingerprint density at radius 3 is 2.95 bits per heavy atom. The van der Waals surface area contributed by atoms with Crippen LogP contribution < -0.4 is 5.32 Å². The Morgan fingerprint density at radius 2 is 2.23 bits per heavy atom. The zero-order valence-electron chi connectivity index (χ0n) is 13.2. The van der Waals surface area contributed by atoms with E-state index in [-0.39, 0.29) is 12.1 Å². The maximum absolute atomic E-state index is 12.4. The zero-order chi connectivity index (χ0) is 16.2. The highest BCUT2D eigenvalue weighted by atomic mass is 16.3. The maximum atomic E-state index is 12.4. The first kappa shape index (κ1) is 16.3. The van der Waals surface area contributed by atoms with Gasteiger partial charge < -0.3 is 15.3 Å². The van der Waals surface area contributed by atoms with Crippen LogP contribution in [0.1, 0.15) is 50.3 Å². The average Bonchev–Trinajstić information content (AvgIpc) is 2.68. The Labute approximate surface area is 131 Å². The number of rotatable bonds is 2. The molecule has 2 rings (SSSR count). The molecule has 2 atom stereocenters. The number of hydrogen-bond donors (Lipinski definition) is 2. The van der Waals surface area contributed by atoms with E-state index in [1.165, 1.54) is 0 Å². The summed E-state index contributed by atoms with van der Waals surface area (Å²) < 4.78 is 0. The van der Waals surface area contributed by atoms with Crippen LogP contribution in [0.3, 0.4) is 0 Å². The van der Waals surface area contributed by atoms with Gasteiger partial charge in [-0.3, -0.25) is 0 Å². The largest absolute Gasteiger partial charge is 0.390 e. The Bertz CT molecular complexity index is 578. The quantitative estimate of drug-likeness (QED) is 0.881. The highest BCUT2D eigenvalue weighted by Crippen LogP contribution is 2.22. The molecule has 1 aliphatic rings. The molecular weight excluding hydrogens is 278 g/mol. The van der Waals surface area contributed by atoms with E-state index >= 15 is 0 Å². The number of nitriles is 1. The third-order valence-corrected chi connectivity index (χ3v) is 4.21. The minimum Gasteiger partial charge on any atom is -0.390 e. The minimum atomic E-state index is -0.679. The van der Waals surface area contributed by atoms with Gasteiger partial charge in [0.15, 0.2) is 0 Å². The lowest BCUT2D eigenvalue weighted by Crippen LogP contribution is -2.42. The Morgan fingerprint density at radius 1 is 1.45 bits per heavy atom. The monoisotopic (exact) mass is 301 g/mol. The summed E-state index contributed by atoms with van der Waals surface area (Å²) in [6.45, 7) is 4.95. The minimum absolute atomic E-state index is 0.118. The van der Waals surface area contributed by atoms with E-state index in [0.717, 1.165) is 18.4 Å². The summed E-state index contributed by atoms with van der Waals surface area (Å²) in [5.41, 5.74) is 0.820. The Hall–Kier alpha value is -2.06. The van der Waals surface area contributed by atoms with Gasteiger partial charge in [0.25, 0.3) is 0 Å². The van der Waals surface area contributed by atoms with Gasteiger partial charge in [-0.15, -0.1) is 0 Å². The van der Waals surface area contributed by atoms with Crippen LogP contribution in [0.4, 0.5) is 4.79 Å². The van der Waals surface area contributed by atoms with E-state index in [4.69, 9.17) is 5.26 Å². The van der Waals surface area contributed by atoms with Gasteiger partial charge in [0.2, 0.25) is 0 Å². The lowest BCUT2D eigenvalue weighted by Gasteiger charge is -2.25. The summed E-state index contributed by atoms with van der Waals surface area (Å²) >= 11 is 0. The van der Waals surface area contributed by atoms with Crippen molar-refractivity contribution in [1.29, 1.82) is 5.26 Å². The summed E-state index contributed by atoms with van der Waals surface area (Å²) in [6, 6.07) is 9.08. The highest BCUT2D eigenvalue weighted by molar-refractivity contribution is 5.74. The van der Waals surface area contributed by atoms with Crippen molar-refractivity contribution in [3.63, 3.8) is 0 Å². The molecule has 118 valence electrons. The smallest absolute Gasteiger partial charge is 0.317 e. The van der Waals surface area contributed by atoms with Gasteiger partial charge >= 0.3 is 6.03 Å². The van der Waals surface area contributed by atoms with E-state index in [1.807, 2.05) is 26.0 Å². The first-order valence-electron chi connectivity index (χ1n) is 7.69. The van der Waals surface area contributed by atoms with Gasteiger partial charge in [0.1, 0.15) is 0 Å². The lowest BCUT2D eigenvalue weighted by molar-refractivity contribution is 0.0456. The van der Waals surface area contributed by atoms with E-state index in [0.29, 0.717) is 25.1 Å². The van der Waals surface area contributed by atoms with Crippen molar-refractivity contribution >= 4 is 6.03 Å². The number of benzene rings is 1. The summed E-state index contributed by atoms with van der Waals surface area (Å²) in [4.78, 5) is 14.1. The van der Waals surface area contributed by atoms with Crippen molar-refractivity contribution in [3.05, 3.63) is 35.4 Å². The molecule has 0 aliphatic carbocycles. The average molecular weight is 301 g/mol. The number of nitrogens with one attached hydrogen (secondary N) is 1. The molecule has 1 aromatic carbocycles. The second-order valence-electron chi connectivity index (χ2n) is 6.25. The van der Waals surface area contributed by atoms with Crippen molar-refractivity contribution in [3.8, 4) is 6.07 Å². The van der Waals surface area contributed by atoms with Gasteiger partial charge in [0, 0.05) is 13.1 Å². The second-order valence-corrected chi connectivity index (χ2v) is 6.25. The van der Waals surface area contributed by atoms with Crippen LogP contribution in [0.25, 0.3) is 0 Å². The van der Waals surface area contributed by atoms with Crippen LogP contribution in [0.5, 0.6) is 0 Å². The fourth-order valence-electron chi connectivity index (χ4n) is 2.70. The van der Waals surface area contributed by atoms with Crippen molar-refractivity contribution < 1.29 is 9.90 Å². The Balaban J connectivity index is 1.97. The summed E-state index contributed by atoms with van der Waals surface area (Å²) in [7, 11) is 0. The molecule has 2 amide bonds. The van der Waals surface area contributed by atoms with Crippen molar-refractivity contribution in [2.75, 3.05) is 13.1 Å². The molecule has 0 aromatic heterocycles. The number of aliphatic hydroxyl groups is 1. The van der Waals surface area contributed by atoms with Gasteiger partial charge in [-0.2, -0.15) is 5.26 Å². The van der Waals surface area contributed by atoms with Crippen molar-refractivity contribution in [2.24, 2.45) is 0 Å². The molecule has 0 saturated carbocycles. The maximum Gasteiger partial charge on any atom is 0.317 e. The lowest BCUT2D eigenvalue weighted by atomic mass is 9.98. The van der Waals surface area contributed by atoms with Crippen LogP contribution in [-0.4, -0.2) is 34.7 Å². The van der Waals surface area contributed by atoms with Crippen LogP contribution in [0, 0.1) is 11.3 Å². The van der Waals surface area contributed by atoms with Crippen LogP contribution in [-0.2, 0) is 0 Å². The molecule has 1 aliphatic heterocycles. The third kappa shape index (κ3) is 4.22. The number of carbonyl (C=O) groups is 1. The summed E-state index contributed by atoms with van der Waals surface area (Å²) in [5.74, 6) is 0. The first-order chi connectivity index (χ1) is 10.4. The standard InChI is InChI=1S/C17H23N3O2/c1-13(15-6-3-5-14(11-15)12-18)19-16(21)20-9-4-7-17(2,22)8-10-20/h3,5-6,11,13,22H,4,7-10H2,1-2H3,(H,19,21)/t13-,17+/m0/s1. The second kappa shape index (κ2) is 6.80. The van der Waals surface area contributed by atoms with E-state index in [9.17, 15) is 9.90 Å². The molecule has 1 fully saturated rings. The number of hydrogen-bond acceptors (Lipinski definition) is 3. The van der Waals surface area contributed by atoms with Gasteiger partial charge in [-0.25, -0.2) is 4.79 Å². The number of carbonyl (C=O) groups excluding carboxylic acids is 1. The molecule has 5 heteroatoms. The van der Waals surface area contributed by atoms with Gasteiger partial charge in [-0.1, -0.05) is 12.1 Å². The van der Waals surface area contributed by atoms with Gasteiger partial charge in [-0.05, 0) is 50.8 Å². The molecule has 0 unspecified atom stereocenters. The topological polar surface area (TPSA) is 76.4 Å². The number of nitrogens with zero attached hydrogens (tertiary/aromatic N) is 2. The van der Waals surface area contributed by atoms with E-state index < -0.39 is 5.60 Å². The fourth-order valence-corrected chi connectivity index (χ4v) is 2.70. The Kier molecular flexibility index (Phi) is 5.04. The van der Waals surface area contributed by atoms with Crippen LogP contribution in [0.15, 0.2) is 24.3 Å². The molecule has 1 heterocycles. The third-order valence-electron chi connectivity index (χ3n) is 4.21. The molecule has 5 nitrogen and oxygen atoms in total. The summed E-state index contributed by atoms with van der Waals surface area (Å²) in [5, 5.41) is 22.0. The normalized spacial score (nSPS) is 23.3. The first-order valence-corrected chi connectivity index (χ1v) is 7.69. The predicted molar refractivity (Wildman–Crippen MR) is 84.2 cm³/mol. The molecule has 0 spiro atoms. The van der Waals surface area contributed by atoms with Crippen molar-refractivity contribution in [1.82, 2.24) is 10.2 Å². The molecule has 0 radical (unpaired) electrons. The molecule has 1 saturated heterocycles. The van der Waals surface area contributed by atoms with Crippen LogP contribution in [0.2, 0.25) is 0 Å². The van der Waals surface area contributed by atoms with Crippen LogP contribution >= 0.6 is 0 Å². The molecular formula is C17H23N3O2. The van der Waals surface area contributed by atoms with E-state index in [2.05, 4.69) is 11.4 Å². The number of urea groups is 1. The predicted octanol–water partition coefficient (Wildman–Crippen LogP) is 2.57. The molecule has 22 heavy (non-hydrogen) atoms. The van der Waals surface area contributed by atoms with Crippen molar-refractivity contribution in [2.45, 2.75) is 44.8 Å². The SMILES string of the molecule is C[C@H](NC(=O)N1CCC[C@@](C)(O)CC1)c1cccc(C#N)c1. The number of amides is 2. The van der Waals surface area contributed by atoms with E-state index in [1.54, 1.807) is 17.0 Å². The highest BCUT2D eigenvalue weighted by Gasteiger charge is 2.27. The molecule has 1 aromatic rings. The zero-order valence-corrected chi connectivity index (χ0v) is 13.2. The fraction of sp³-hybridized carbons (Fsp3) is 0.529.